The molecule has 0 saturated carbocycles. The van der Waals surface area contributed by atoms with E-state index in [2.05, 4.69) is 53.7 Å². The number of aromatic nitrogens is 2. The molecule has 6 heteroatoms. The molecule has 4 nitrogen and oxygen atoms in total. The summed E-state index contributed by atoms with van der Waals surface area (Å²) in [4.78, 5) is 20.2. The highest BCUT2D eigenvalue weighted by Gasteiger charge is 2.26. The average molecular weight is 332 g/mol. The molecule has 0 atom stereocenters. The van der Waals surface area contributed by atoms with E-state index in [0.29, 0.717) is 0 Å². The molecule has 0 bridgehead atoms. The summed E-state index contributed by atoms with van der Waals surface area (Å²) < 4.78 is 2.36. The van der Waals surface area contributed by atoms with Crippen LogP contribution in [-0.2, 0) is 0 Å². The molecule has 2 rings (SSSR count). The minimum absolute atomic E-state index is 0.137. The lowest BCUT2D eigenvalue weighted by Gasteiger charge is -2.36. The number of thiol groups is 1. The van der Waals surface area contributed by atoms with Crippen LogP contribution < -0.4 is 4.57 Å². The largest absolute Gasteiger partial charge is 0.395 e. The Morgan fingerprint density at radius 1 is 1.23 bits per heavy atom. The van der Waals surface area contributed by atoms with Gasteiger partial charge in [-0.1, -0.05) is 62.6 Å². The van der Waals surface area contributed by atoms with Crippen LogP contribution in [0.25, 0.3) is 11.3 Å². The van der Waals surface area contributed by atoms with Gasteiger partial charge in [-0.3, -0.25) is 4.79 Å². The topological polar surface area (TPSA) is 46.1 Å². The number of carbonyl (C=O) groups is 1. The van der Waals surface area contributed by atoms with Crippen molar-refractivity contribution in [1.82, 2.24) is 9.97 Å². The molecule has 1 heterocycles. The zero-order chi connectivity index (χ0) is 16.3. The van der Waals surface area contributed by atoms with Crippen molar-refractivity contribution < 1.29 is 4.79 Å². The van der Waals surface area contributed by atoms with Gasteiger partial charge in [-0.2, -0.15) is 0 Å². The van der Waals surface area contributed by atoms with Crippen LogP contribution in [0.5, 0.6) is 0 Å². The third-order valence-corrected chi connectivity index (χ3v) is 5.80. The highest BCUT2D eigenvalue weighted by molar-refractivity contribution is 7.97. The van der Waals surface area contributed by atoms with E-state index in [9.17, 15) is 4.79 Å². The molecule has 0 N–H and O–H groups in total. The molecular weight excluding hydrogens is 310 g/mol. The molecule has 0 fully saturated rings. The Morgan fingerprint density at radius 2 is 1.86 bits per heavy atom. The van der Waals surface area contributed by atoms with Crippen LogP contribution >= 0.6 is 12.6 Å². The predicted octanol–water partition coefficient (Wildman–Crippen LogP) is 3.87. The molecule has 0 aliphatic rings. The van der Waals surface area contributed by atoms with Gasteiger partial charge in [-0.25, -0.2) is 9.97 Å². The van der Waals surface area contributed by atoms with Crippen molar-refractivity contribution in [2.24, 2.45) is 0 Å². The second-order valence-electron chi connectivity index (χ2n) is 6.01. The first kappa shape index (κ1) is 16.7. The van der Waals surface area contributed by atoms with E-state index in [1.165, 1.54) is 0 Å². The number of nitrogens with zero attached hydrogens (tertiary/aromatic N) is 3. The van der Waals surface area contributed by atoms with Crippen molar-refractivity contribution in [2.45, 2.75) is 26.6 Å². The fraction of sp³-hybridized carbons (Fsp3) is 0.312. The van der Waals surface area contributed by atoms with Gasteiger partial charge in [-0.05, 0) is 6.92 Å². The highest BCUT2D eigenvalue weighted by Crippen LogP contribution is 2.31. The molecule has 116 valence electrons. The molecule has 0 unspecified atom stereocenters. The highest BCUT2D eigenvalue weighted by atomic mass is 32.1. The number of benzene rings is 1. The van der Waals surface area contributed by atoms with Crippen LogP contribution in [0.4, 0.5) is 5.69 Å². The fourth-order valence-corrected chi connectivity index (χ4v) is 4.43. The van der Waals surface area contributed by atoms with E-state index >= 15 is 0 Å². The maximum Gasteiger partial charge on any atom is 0.253 e. The summed E-state index contributed by atoms with van der Waals surface area (Å²) in [5.41, 5.74) is 2.75. The van der Waals surface area contributed by atoms with Crippen LogP contribution in [0.3, 0.4) is 0 Å². The molecule has 22 heavy (non-hydrogen) atoms. The number of carbonyl (C=O) groups excluding carboxylic acids is 1. The summed E-state index contributed by atoms with van der Waals surface area (Å²) in [5, 5.41) is -0.417. The van der Waals surface area contributed by atoms with Crippen molar-refractivity contribution >= 4 is 31.7 Å². The van der Waals surface area contributed by atoms with Crippen LogP contribution in [0, 0.1) is 0 Å². The van der Waals surface area contributed by atoms with Crippen LogP contribution in [0.15, 0.2) is 36.5 Å². The van der Waals surface area contributed by atoms with Crippen molar-refractivity contribution in [3.8, 4) is 11.3 Å². The Bertz CT molecular complexity index is 671. The Kier molecular flexibility index (Phi) is 5.03. The third kappa shape index (κ3) is 3.56. The van der Waals surface area contributed by atoms with E-state index in [1.54, 1.807) is 6.20 Å². The standard InChI is InChI=1S/C16H21N3OSSi/c1-5-19(22(2,3)4)13-11-17-15(16(20)21)18-14(13)12-9-7-6-8-10-12/h6-11H,5H2,1-4H3,(H,20,21). The van der Waals surface area contributed by atoms with Gasteiger partial charge in [0.05, 0.1) is 17.6 Å². The van der Waals surface area contributed by atoms with Gasteiger partial charge in [0, 0.05) is 12.1 Å². The molecule has 0 amide bonds. The minimum Gasteiger partial charge on any atom is -0.395 e. The van der Waals surface area contributed by atoms with Gasteiger partial charge >= 0.3 is 0 Å². The number of hydrogen-bond acceptors (Lipinski definition) is 4. The van der Waals surface area contributed by atoms with Crippen molar-refractivity contribution in [1.29, 1.82) is 0 Å². The van der Waals surface area contributed by atoms with Gasteiger partial charge < -0.3 is 4.57 Å². The molecule has 0 aliphatic heterocycles. The second-order valence-corrected chi connectivity index (χ2v) is 11.3. The van der Waals surface area contributed by atoms with Crippen molar-refractivity contribution in [3.05, 3.63) is 42.4 Å². The first-order valence-corrected chi connectivity index (χ1v) is 11.2. The summed E-state index contributed by atoms with van der Waals surface area (Å²) in [6.45, 7) is 9.85. The minimum atomic E-state index is -1.59. The van der Waals surface area contributed by atoms with Crippen LogP contribution in [0.2, 0.25) is 19.6 Å². The van der Waals surface area contributed by atoms with Gasteiger partial charge in [0.2, 0.25) is 5.82 Å². The molecule has 0 aliphatic carbocycles. The van der Waals surface area contributed by atoms with Gasteiger partial charge in [0.1, 0.15) is 8.24 Å². The zero-order valence-corrected chi connectivity index (χ0v) is 15.3. The predicted molar refractivity (Wildman–Crippen MR) is 97.2 cm³/mol. The Hall–Kier alpha value is -1.66. The maximum atomic E-state index is 11.5. The average Bonchev–Trinajstić information content (AvgIpc) is 2.47. The van der Waals surface area contributed by atoms with E-state index in [4.69, 9.17) is 0 Å². The second kappa shape index (κ2) is 6.62. The SMILES string of the molecule is CCN(c1cnc(C(=O)S)nc1-c1ccccc1)[Si](C)(C)C. The van der Waals surface area contributed by atoms with E-state index in [0.717, 1.165) is 23.5 Å². The van der Waals surface area contributed by atoms with Crippen molar-refractivity contribution in [2.75, 3.05) is 11.1 Å². The fourth-order valence-electron chi connectivity index (χ4n) is 2.49. The Balaban J connectivity index is 2.66. The first-order chi connectivity index (χ1) is 10.3. The lowest BCUT2D eigenvalue weighted by Crippen LogP contribution is -2.46. The molecule has 2 aromatic rings. The molecule has 0 radical (unpaired) electrons. The van der Waals surface area contributed by atoms with Gasteiger partial charge in [-0.15, -0.1) is 0 Å². The summed E-state index contributed by atoms with van der Waals surface area (Å²) in [5.74, 6) is 0.137. The van der Waals surface area contributed by atoms with Crippen LogP contribution in [0.1, 0.15) is 17.5 Å². The van der Waals surface area contributed by atoms with Gasteiger partial charge in [0.15, 0.2) is 0 Å². The zero-order valence-electron chi connectivity index (χ0n) is 13.4. The van der Waals surface area contributed by atoms with Gasteiger partial charge in [0.25, 0.3) is 5.12 Å². The summed E-state index contributed by atoms with van der Waals surface area (Å²) in [6.07, 6.45) is 1.75. The monoisotopic (exact) mass is 331 g/mol. The number of hydrogen-bond donors (Lipinski definition) is 1. The number of anilines is 1. The Morgan fingerprint density at radius 3 is 2.36 bits per heavy atom. The normalized spacial score (nSPS) is 11.3. The molecule has 1 aromatic carbocycles. The summed E-state index contributed by atoms with van der Waals surface area (Å²) in [7, 11) is -1.59. The quantitative estimate of drug-likeness (QED) is 0.667. The van der Waals surface area contributed by atoms with Crippen LogP contribution in [-0.4, -0.2) is 29.9 Å². The molecule has 0 saturated heterocycles. The maximum absolute atomic E-state index is 11.5. The van der Waals surface area contributed by atoms with E-state index in [1.807, 2.05) is 30.3 Å². The number of rotatable bonds is 5. The lowest BCUT2D eigenvalue weighted by molar-refractivity contribution is 0.108. The summed E-state index contributed by atoms with van der Waals surface area (Å²) >= 11 is 3.84. The van der Waals surface area contributed by atoms with Crippen molar-refractivity contribution in [3.63, 3.8) is 0 Å². The lowest BCUT2D eigenvalue weighted by atomic mass is 10.1. The summed E-state index contributed by atoms with van der Waals surface area (Å²) in [6, 6.07) is 9.89. The smallest absolute Gasteiger partial charge is 0.253 e. The molecular formula is C16H21N3OSSi. The molecule has 1 aromatic heterocycles. The molecule has 0 spiro atoms. The third-order valence-electron chi connectivity index (χ3n) is 3.42. The van der Waals surface area contributed by atoms with E-state index in [-0.39, 0.29) is 5.82 Å². The van der Waals surface area contributed by atoms with E-state index < -0.39 is 13.4 Å². The Labute approximate surface area is 138 Å². The first-order valence-electron chi connectivity index (χ1n) is 7.28.